The summed E-state index contributed by atoms with van der Waals surface area (Å²) in [5, 5.41) is 0. The molecule has 0 spiro atoms. The van der Waals surface area contributed by atoms with E-state index in [1.807, 2.05) is 0 Å². The van der Waals surface area contributed by atoms with Gasteiger partial charge in [-0.15, -0.1) is 0 Å². The molecule has 0 saturated carbocycles. The second kappa shape index (κ2) is 5.70. The topological polar surface area (TPSA) is 0 Å². The third-order valence-electron chi connectivity index (χ3n) is 0. The third kappa shape index (κ3) is 82700. The SMILES string of the molecule is F[B-](F)(F)F.F[B-](F)(F)F.[Se+2]. The van der Waals surface area contributed by atoms with Gasteiger partial charge in [0.2, 0.25) is 0 Å². The van der Waals surface area contributed by atoms with Crippen LogP contribution in [-0.4, -0.2) is 31.6 Å². The van der Waals surface area contributed by atoms with E-state index >= 15 is 0 Å². The van der Waals surface area contributed by atoms with Crippen LogP contribution in [0.5, 0.6) is 0 Å². The van der Waals surface area contributed by atoms with Crippen molar-refractivity contribution in [2.45, 2.75) is 0 Å². The maximum atomic E-state index is 9.75. The van der Waals surface area contributed by atoms with Gasteiger partial charge in [-0.1, -0.05) is 0 Å². The molecule has 0 fully saturated rings. The average Bonchev–Trinajstić information content (AvgIpc) is 1.12. The molecule has 0 saturated heterocycles. The largest absolute Gasteiger partial charge is 2.00 e. The molecule has 0 N–H and O–H groups in total. The van der Waals surface area contributed by atoms with E-state index in [9.17, 15) is 34.5 Å². The Balaban J connectivity index is -0.000000107. The summed E-state index contributed by atoms with van der Waals surface area (Å²) >= 11 is 0. The zero-order valence-corrected chi connectivity index (χ0v) is 6.30. The minimum absolute atomic E-state index is 0. The molecule has 0 bridgehead atoms. The molecule has 11 heteroatoms. The number of halogens is 8. The Morgan fingerprint density at radius 2 is 0.455 bits per heavy atom. The number of hydrogen-bond acceptors (Lipinski definition) is 0. The molecule has 68 valence electrons. The standard InChI is InChI=1S/2BF4.Se/c2*2-1(3,4)5;/q2*-1;+2. The van der Waals surface area contributed by atoms with Crippen LogP contribution in [0.25, 0.3) is 0 Å². The summed E-state index contributed by atoms with van der Waals surface area (Å²) in [6.07, 6.45) is 0. The Kier molecular flexibility index (Phi) is 8.94. The Hall–Kier alpha value is 0.0894. The minimum atomic E-state index is -6.00. The number of rotatable bonds is 0. The van der Waals surface area contributed by atoms with Crippen molar-refractivity contribution in [3.63, 3.8) is 0 Å². The van der Waals surface area contributed by atoms with Crippen LogP contribution in [0.4, 0.5) is 34.5 Å². The monoisotopic (exact) mass is 254 g/mol. The molecule has 4 radical (unpaired) electrons. The van der Waals surface area contributed by atoms with Gasteiger partial charge in [0.25, 0.3) is 0 Å². The van der Waals surface area contributed by atoms with Crippen molar-refractivity contribution in [1.29, 1.82) is 0 Å². The van der Waals surface area contributed by atoms with E-state index in [0.29, 0.717) is 0 Å². The Morgan fingerprint density at radius 3 is 0.455 bits per heavy atom. The van der Waals surface area contributed by atoms with E-state index in [-0.39, 0.29) is 17.1 Å². The first-order chi connectivity index (χ1) is 4.00. The van der Waals surface area contributed by atoms with Crippen molar-refractivity contribution in [2.75, 3.05) is 0 Å². The summed E-state index contributed by atoms with van der Waals surface area (Å²) in [4.78, 5) is 0. The van der Waals surface area contributed by atoms with Gasteiger partial charge >= 0.3 is 31.6 Å². The molecule has 0 atom stereocenters. The van der Waals surface area contributed by atoms with E-state index in [1.165, 1.54) is 0 Å². The predicted octanol–water partition coefficient (Wildman–Crippen LogP) is 2.22. The van der Waals surface area contributed by atoms with Crippen molar-refractivity contribution in [3.8, 4) is 0 Å². The first kappa shape index (κ1) is 17.3. The maximum absolute atomic E-state index is 9.75. The van der Waals surface area contributed by atoms with Gasteiger partial charge < -0.3 is 34.5 Å². The summed E-state index contributed by atoms with van der Waals surface area (Å²) < 4.78 is 78.0. The fourth-order valence-corrected chi connectivity index (χ4v) is 0. The van der Waals surface area contributed by atoms with Crippen LogP contribution in [0.1, 0.15) is 0 Å². The molecule has 0 heterocycles. The molecule has 0 unspecified atom stereocenters. The van der Waals surface area contributed by atoms with E-state index in [2.05, 4.69) is 0 Å². The Bertz CT molecular complexity index is 55.1. The molecule has 0 amide bonds. The smallest absolute Gasteiger partial charge is 0.418 e. The zero-order valence-electron chi connectivity index (χ0n) is 4.59. The molecule has 0 aromatic carbocycles. The summed E-state index contributed by atoms with van der Waals surface area (Å²) in [7, 11) is -12.0. The summed E-state index contributed by atoms with van der Waals surface area (Å²) in [5.74, 6) is 0. The second-order valence-corrected chi connectivity index (χ2v) is 0.990. The summed E-state index contributed by atoms with van der Waals surface area (Å²) in [6.45, 7) is 0. The second-order valence-electron chi connectivity index (χ2n) is 0.990. The Labute approximate surface area is 67.0 Å². The van der Waals surface area contributed by atoms with Gasteiger partial charge in [0.15, 0.2) is 0 Å². The van der Waals surface area contributed by atoms with Crippen LogP contribution in [0.2, 0.25) is 0 Å². The van der Waals surface area contributed by atoms with Crippen molar-refractivity contribution in [2.24, 2.45) is 0 Å². The average molecular weight is 253 g/mol. The summed E-state index contributed by atoms with van der Waals surface area (Å²) in [6, 6.07) is 0. The predicted molar refractivity (Wildman–Crippen MR) is 26.1 cm³/mol. The summed E-state index contributed by atoms with van der Waals surface area (Å²) in [5.41, 5.74) is 0. The molecule has 0 rings (SSSR count). The van der Waals surface area contributed by atoms with Gasteiger partial charge in [-0.25, -0.2) is 0 Å². The molecular formula is B2F8Se. The van der Waals surface area contributed by atoms with Crippen molar-refractivity contribution in [1.82, 2.24) is 0 Å². The van der Waals surface area contributed by atoms with E-state index < -0.39 is 14.5 Å². The fourth-order valence-electron chi connectivity index (χ4n) is 0. The molecule has 0 nitrogen and oxygen atoms in total. The van der Waals surface area contributed by atoms with Gasteiger partial charge in [-0.05, 0) is 0 Å². The van der Waals surface area contributed by atoms with Crippen molar-refractivity contribution in [3.05, 3.63) is 0 Å². The molecule has 0 aliphatic rings. The van der Waals surface area contributed by atoms with Crippen LogP contribution < -0.4 is 0 Å². The maximum Gasteiger partial charge on any atom is 2.00 e. The molecular weight excluding hydrogens is 253 g/mol. The van der Waals surface area contributed by atoms with E-state index in [1.54, 1.807) is 0 Å². The van der Waals surface area contributed by atoms with Crippen molar-refractivity contribution >= 4 is 31.6 Å². The van der Waals surface area contributed by atoms with Gasteiger partial charge in [-0.3, -0.25) is 0 Å². The van der Waals surface area contributed by atoms with Crippen LogP contribution in [0, 0.1) is 0 Å². The normalized spacial score (nSPS) is 10.9. The molecule has 0 aromatic heterocycles. The van der Waals surface area contributed by atoms with E-state index in [4.69, 9.17) is 0 Å². The van der Waals surface area contributed by atoms with Crippen LogP contribution >= 0.6 is 0 Å². The molecule has 0 aliphatic carbocycles. The van der Waals surface area contributed by atoms with E-state index in [0.717, 1.165) is 0 Å². The molecule has 0 aliphatic heterocycles. The van der Waals surface area contributed by atoms with Crippen LogP contribution in [-0.2, 0) is 0 Å². The quantitative estimate of drug-likeness (QED) is 0.458. The van der Waals surface area contributed by atoms with Crippen molar-refractivity contribution < 1.29 is 34.5 Å². The third-order valence-corrected chi connectivity index (χ3v) is 0. The molecule has 0 aromatic rings. The Morgan fingerprint density at radius 1 is 0.455 bits per heavy atom. The first-order valence-electron chi connectivity index (χ1n) is 1.75. The van der Waals surface area contributed by atoms with Gasteiger partial charge in [0, 0.05) is 0 Å². The minimum Gasteiger partial charge on any atom is -0.418 e. The molecule has 11 heavy (non-hydrogen) atoms. The van der Waals surface area contributed by atoms with Crippen LogP contribution in [0.15, 0.2) is 0 Å². The van der Waals surface area contributed by atoms with Crippen LogP contribution in [0.3, 0.4) is 0 Å². The van der Waals surface area contributed by atoms with Gasteiger partial charge in [-0.2, -0.15) is 0 Å². The van der Waals surface area contributed by atoms with Gasteiger partial charge in [0.05, 0.1) is 0 Å². The first-order valence-corrected chi connectivity index (χ1v) is 1.75. The van der Waals surface area contributed by atoms with Gasteiger partial charge in [0.1, 0.15) is 0 Å². The number of hydrogen-bond donors (Lipinski definition) is 0. The zero-order chi connectivity index (χ0) is 9.00. The fraction of sp³-hybridized carbons (Fsp3) is 0.